The van der Waals surface area contributed by atoms with E-state index in [1.54, 1.807) is 29.6 Å². The van der Waals surface area contributed by atoms with Crippen LogP contribution in [-0.4, -0.2) is 26.9 Å². The zero-order valence-corrected chi connectivity index (χ0v) is 15.8. The number of anilines is 1. The van der Waals surface area contributed by atoms with Gasteiger partial charge in [-0.25, -0.2) is 8.42 Å². The van der Waals surface area contributed by atoms with Gasteiger partial charge < -0.3 is 11.1 Å². The van der Waals surface area contributed by atoms with Crippen LogP contribution in [0.3, 0.4) is 0 Å². The van der Waals surface area contributed by atoms with Crippen LogP contribution in [0.1, 0.15) is 23.2 Å². The highest BCUT2D eigenvalue weighted by molar-refractivity contribution is 7.94. The van der Waals surface area contributed by atoms with Gasteiger partial charge in [-0.2, -0.15) is 0 Å². The first-order chi connectivity index (χ1) is 11.5. The van der Waals surface area contributed by atoms with Gasteiger partial charge in [0.15, 0.2) is 0 Å². The third-order valence-corrected chi connectivity index (χ3v) is 6.68. The molecule has 0 radical (unpaired) electrons. The Balaban J connectivity index is 0.00000225. The fourth-order valence-electron chi connectivity index (χ4n) is 2.47. The molecule has 0 aliphatic heterocycles. The maximum absolute atomic E-state index is 12.4. The van der Waals surface area contributed by atoms with Gasteiger partial charge in [-0.3, -0.25) is 9.52 Å². The van der Waals surface area contributed by atoms with E-state index in [-0.39, 0.29) is 28.6 Å². The molecule has 1 amide bonds. The van der Waals surface area contributed by atoms with E-state index in [0.717, 1.165) is 24.2 Å². The first-order valence-electron chi connectivity index (χ1n) is 7.67. The Morgan fingerprint density at radius 3 is 2.64 bits per heavy atom. The lowest BCUT2D eigenvalue weighted by molar-refractivity contribution is 0.0933. The van der Waals surface area contributed by atoms with Gasteiger partial charge in [-0.1, -0.05) is 12.1 Å². The molecule has 1 atom stereocenters. The lowest BCUT2D eigenvalue weighted by atomic mass is 10.1. The molecule has 1 unspecified atom stereocenters. The summed E-state index contributed by atoms with van der Waals surface area (Å²) in [5, 5.41) is 4.62. The summed E-state index contributed by atoms with van der Waals surface area (Å²) in [4.78, 5) is 12.4. The number of hydrogen-bond donors (Lipinski definition) is 3. The molecule has 2 aromatic rings. The molecular formula is C16H20ClN3O3S2. The van der Waals surface area contributed by atoms with Gasteiger partial charge in [-0.15, -0.1) is 23.7 Å². The van der Waals surface area contributed by atoms with E-state index in [2.05, 4.69) is 10.0 Å². The molecule has 1 aliphatic rings. The van der Waals surface area contributed by atoms with E-state index in [1.165, 1.54) is 12.1 Å². The summed E-state index contributed by atoms with van der Waals surface area (Å²) in [5.41, 5.74) is 6.46. The van der Waals surface area contributed by atoms with E-state index in [0.29, 0.717) is 23.7 Å². The van der Waals surface area contributed by atoms with Gasteiger partial charge in [0.1, 0.15) is 4.21 Å². The number of thiophene rings is 1. The van der Waals surface area contributed by atoms with Crippen LogP contribution in [0.4, 0.5) is 5.69 Å². The second-order valence-corrected chi connectivity index (χ2v) is 8.63. The Labute approximate surface area is 157 Å². The highest BCUT2D eigenvalue weighted by Gasteiger charge is 2.31. The van der Waals surface area contributed by atoms with Crippen molar-refractivity contribution in [2.45, 2.75) is 23.1 Å². The summed E-state index contributed by atoms with van der Waals surface area (Å²) >= 11 is 1.14. The fourth-order valence-corrected chi connectivity index (χ4v) is 4.51. The Kier molecular flexibility index (Phi) is 6.45. The molecule has 1 fully saturated rings. The van der Waals surface area contributed by atoms with Gasteiger partial charge in [-0.05, 0) is 48.4 Å². The predicted octanol–water partition coefficient (Wildman–Crippen LogP) is 2.44. The average molecular weight is 402 g/mol. The molecule has 1 aliphatic carbocycles. The number of benzene rings is 1. The Morgan fingerprint density at radius 1 is 1.28 bits per heavy atom. The summed E-state index contributed by atoms with van der Waals surface area (Å²) in [7, 11) is -3.63. The van der Waals surface area contributed by atoms with Crippen molar-refractivity contribution in [3.05, 3.63) is 47.3 Å². The molecule has 25 heavy (non-hydrogen) atoms. The number of carbonyl (C=O) groups is 1. The first-order valence-corrected chi connectivity index (χ1v) is 10.0. The number of nitrogens with one attached hydrogen (secondary N) is 2. The number of nitrogens with two attached hydrogens (primary N) is 1. The van der Waals surface area contributed by atoms with Crippen molar-refractivity contribution in [2.75, 3.05) is 11.3 Å². The summed E-state index contributed by atoms with van der Waals surface area (Å²) in [6.07, 6.45) is 2.17. The van der Waals surface area contributed by atoms with E-state index < -0.39 is 10.0 Å². The summed E-state index contributed by atoms with van der Waals surface area (Å²) in [6.45, 7) is 0.404. The molecule has 1 heterocycles. The van der Waals surface area contributed by atoms with Gasteiger partial charge in [0, 0.05) is 23.8 Å². The third-order valence-electron chi connectivity index (χ3n) is 3.90. The van der Waals surface area contributed by atoms with Crippen LogP contribution >= 0.6 is 23.7 Å². The smallest absolute Gasteiger partial charge is 0.271 e. The molecule has 1 aromatic carbocycles. The molecule has 0 bridgehead atoms. The maximum atomic E-state index is 12.4. The van der Waals surface area contributed by atoms with Crippen LogP contribution in [0.5, 0.6) is 0 Å². The number of amides is 1. The predicted molar refractivity (Wildman–Crippen MR) is 102 cm³/mol. The number of halogens is 1. The minimum atomic E-state index is -3.63. The normalized spacial score (nSPS) is 15.1. The molecule has 1 saturated carbocycles. The van der Waals surface area contributed by atoms with E-state index in [4.69, 9.17) is 5.73 Å². The first kappa shape index (κ1) is 19.7. The topological polar surface area (TPSA) is 101 Å². The average Bonchev–Trinajstić information content (AvgIpc) is 3.24. The van der Waals surface area contributed by atoms with E-state index in [9.17, 15) is 13.2 Å². The van der Waals surface area contributed by atoms with E-state index >= 15 is 0 Å². The van der Waals surface area contributed by atoms with Crippen molar-refractivity contribution in [1.82, 2.24) is 5.32 Å². The largest absolute Gasteiger partial charge is 0.348 e. The lowest BCUT2D eigenvalue weighted by Gasteiger charge is -2.16. The monoisotopic (exact) mass is 401 g/mol. The second-order valence-electron chi connectivity index (χ2n) is 5.77. The van der Waals surface area contributed by atoms with Gasteiger partial charge in [0.25, 0.3) is 15.9 Å². The highest BCUT2D eigenvalue weighted by Crippen LogP contribution is 2.32. The van der Waals surface area contributed by atoms with Crippen molar-refractivity contribution in [3.8, 4) is 0 Å². The van der Waals surface area contributed by atoms with Crippen molar-refractivity contribution in [3.63, 3.8) is 0 Å². The fraction of sp³-hybridized carbons (Fsp3) is 0.312. The standard InChI is InChI=1S/C16H19N3O3S2.ClH/c17-10-14(11-6-7-11)18-16(20)12-3-1-4-13(9-12)19-24(21,22)15-5-2-8-23-15;/h1-5,8-9,11,14,19H,6-7,10,17H2,(H,18,20);1H. The van der Waals surface area contributed by atoms with Crippen molar-refractivity contribution >= 4 is 45.4 Å². The lowest BCUT2D eigenvalue weighted by Crippen LogP contribution is -2.41. The van der Waals surface area contributed by atoms with Crippen molar-refractivity contribution in [2.24, 2.45) is 11.7 Å². The maximum Gasteiger partial charge on any atom is 0.271 e. The van der Waals surface area contributed by atoms with Gasteiger partial charge in [0.05, 0.1) is 0 Å². The SMILES string of the molecule is Cl.NCC(NC(=O)c1cccc(NS(=O)(=O)c2cccs2)c1)C1CC1. The van der Waals surface area contributed by atoms with Crippen LogP contribution in [-0.2, 0) is 10.0 Å². The summed E-state index contributed by atoms with van der Waals surface area (Å²) in [6, 6.07) is 9.63. The second kappa shape index (κ2) is 8.18. The number of carbonyl (C=O) groups excluding carboxylic acids is 1. The minimum Gasteiger partial charge on any atom is -0.348 e. The molecule has 4 N–H and O–H groups in total. The highest BCUT2D eigenvalue weighted by atomic mass is 35.5. The molecular weight excluding hydrogens is 382 g/mol. The summed E-state index contributed by atoms with van der Waals surface area (Å²) < 4.78 is 27.2. The summed E-state index contributed by atoms with van der Waals surface area (Å²) in [5.74, 6) is 0.217. The van der Waals surface area contributed by atoms with Crippen molar-refractivity contribution in [1.29, 1.82) is 0 Å². The molecule has 1 aromatic heterocycles. The van der Waals surface area contributed by atoms with Crippen molar-refractivity contribution < 1.29 is 13.2 Å². The molecule has 3 rings (SSSR count). The number of rotatable bonds is 7. The zero-order valence-electron chi connectivity index (χ0n) is 13.3. The van der Waals surface area contributed by atoms with Crippen LogP contribution in [0.15, 0.2) is 46.0 Å². The van der Waals surface area contributed by atoms with Gasteiger partial charge >= 0.3 is 0 Å². The molecule has 136 valence electrons. The van der Waals surface area contributed by atoms with E-state index in [1.807, 2.05) is 0 Å². The van der Waals surface area contributed by atoms with Crippen LogP contribution in [0.2, 0.25) is 0 Å². The molecule has 6 nitrogen and oxygen atoms in total. The van der Waals surface area contributed by atoms with Gasteiger partial charge in [0.2, 0.25) is 0 Å². The molecule has 0 spiro atoms. The van der Waals surface area contributed by atoms with Crippen LogP contribution < -0.4 is 15.8 Å². The zero-order chi connectivity index (χ0) is 17.2. The Morgan fingerprint density at radius 2 is 2.04 bits per heavy atom. The Bertz CT molecular complexity index is 821. The Hall–Kier alpha value is -1.61. The third kappa shape index (κ3) is 4.94. The number of hydrogen-bond acceptors (Lipinski definition) is 5. The van der Waals surface area contributed by atoms with Crippen LogP contribution in [0, 0.1) is 5.92 Å². The molecule has 0 saturated heterocycles. The minimum absolute atomic E-state index is 0. The number of sulfonamides is 1. The quantitative estimate of drug-likeness (QED) is 0.663. The molecule has 9 heteroatoms. The van der Waals surface area contributed by atoms with Crippen LogP contribution in [0.25, 0.3) is 0 Å².